The largest absolute Gasteiger partial charge is 0.496 e. The number of H-pyrrole nitrogens is 1. The normalized spacial score (nSPS) is 11.8. The van der Waals surface area contributed by atoms with Crippen LogP contribution in [0.4, 0.5) is 0 Å². The predicted molar refractivity (Wildman–Crippen MR) is 86.5 cm³/mol. The average Bonchev–Trinajstić information content (AvgIpc) is 3.01. The fourth-order valence-electron chi connectivity index (χ4n) is 2.01. The highest BCUT2D eigenvalue weighted by molar-refractivity contribution is 9.10. The number of aryl methyl sites for hydroxylation is 1. The SMILES string of the molecule is CCc1cc(C(=O)NC(C(=O)O)c2ccc(OC)c(Br)c2)n[nH]1. The Balaban J connectivity index is 2.23. The standard InChI is InChI=1S/C15H16BrN3O4/c1-3-9-7-11(19-18-9)14(20)17-13(15(21)22)8-4-5-12(23-2)10(16)6-8/h4-7,13H,3H2,1-2H3,(H,17,20)(H,18,19)(H,21,22). The zero-order valence-electron chi connectivity index (χ0n) is 12.6. The summed E-state index contributed by atoms with van der Waals surface area (Å²) < 4.78 is 5.71. The lowest BCUT2D eigenvalue weighted by Crippen LogP contribution is -2.34. The summed E-state index contributed by atoms with van der Waals surface area (Å²) in [5, 5.41) is 18.5. The van der Waals surface area contributed by atoms with E-state index in [0.29, 0.717) is 22.2 Å². The number of rotatable bonds is 6. The summed E-state index contributed by atoms with van der Waals surface area (Å²) in [5.41, 5.74) is 1.37. The highest BCUT2D eigenvalue weighted by Gasteiger charge is 2.24. The number of nitrogens with one attached hydrogen (secondary N) is 2. The number of carboxylic acids is 1. The molecule has 2 aromatic rings. The molecule has 0 aliphatic heterocycles. The topological polar surface area (TPSA) is 104 Å². The first-order chi connectivity index (χ1) is 11.0. The summed E-state index contributed by atoms with van der Waals surface area (Å²) in [4.78, 5) is 23.7. The molecule has 23 heavy (non-hydrogen) atoms. The Morgan fingerprint density at radius 3 is 2.70 bits per heavy atom. The lowest BCUT2D eigenvalue weighted by Gasteiger charge is -2.15. The van der Waals surface area contributed by atoms with Crippen LogP contribution in [0.25, 0.3) is 0 Å². The zero-order valence-corrected chi connectivity index (χ0v) is 14.2. The van der Waals surface area contributed by atoms with Crippen molar-refractivity contribution in [2.24, 2.45) is 0 Å². The van der Waals surface area contributed by atoms with E-state index in [1.807, 2.05) is 6.92 Å². The van der Waals surface area contributed by atoms with E-state index in [1.165, 1.54) is 7.11 Å². The molecule has 1 atom stereocenters. The number of nitrogens with zero attached hydrogens (tertiary/aromatic N) is 1. The molecule has 0 saturated heterocycles. The van der Waals surface area contributed by atoms with Gasteiger partial charge in [0.05, 0.1) is 11.6 Å². The third kappa shape index (κ3) is 3.89. The Labute approximate surface area is 141 Å². The van der Waals surface area contributed by atoms with Crippen molar-refractivity contribution in [2.45, 2.75) is 19.4 Å². The van der Waals surface area contributed by atoms with Crippen molar-refractivity contribution in [1.82, 2.24) is 15.5 Å². The Hall–Kier alpha value is -2.35. The van der Waals surface area contributed by atoms with Gasteiger partial charge in [-0.2, -0.15) is 5.10 Å². The second-order valence-electron chi connectivity index (χ2n) is 4.77. The monoisotopic (exact) mass is 381 g/mol. The number of benzene rings is 1. The van der Waals surface area contributed by atoms with Gasteiger partial charge in [-0.15, -0.1) is 0 Å². The number of aromatic amines is 1. The van der Waals surface area contributed by atoms with Crippen molar-refractivity contribution in [3.05, 3.63) is 45.7 Å². The zero-order chi connectivity index (χ0) is 17.0. The number of hydrogen-bond donors (Lipinski definition) is 3. The van der Waals surface area contributed by atoms with Crippen LogP contribution in [0, 0.1) is 0 Å². The van der Waals surface area contributed by atoms with Crippen molar-refractivity contribution in [3.8, 4) is 5.75 Å². The van der Waals surface area contributed by atoms with Crippen LogP contribution in [0.3, 0.4) is 0 Å². The second kappa shape index (κ2) is 7.28. The molecule has 8 heteroatoms. The smallest absolute Gasteiger partial charge is 0.330 e. The molecule has 0 spiro atoms. The fraction of sp³-hybridized carbons (Fsp3) is 0.267. The van der Waals surface area contributed by atoms with Crippen LogP contribution in [0.2, 0.25) is 0 Å². The van der Waals surface area contributed by atoms with Gasteiger partial charge in [-0.1, -0.05) is 13.0 Å². The first kappa shape index (κ1) is 17.0. The van der Waals surface area contributed by atoms with Crippen LogP contribution in [-0.2, 0) is 11.2 Å². The molecule has 3 N–H and O–H groups in total. The minimum absolute atomic E-state index is 0.153. The molecular formula is C15H16BrN3O4. The highest BCUT2D eigenvalue weighted by atomic mass is 79.9. The molecule has 0 saturated carbocycles. The lowest BCUT2D eigenvalue weighted by molar-refractivity contribution is -0.139. The first-order valence-electron chi connectivity index (χ1n) is 6.87. The number of halogens is 1. The third-order valence-corrected chi connectivity index (χ3v) is 3.90. The molecule has 1 heterocycles. The average molecular weight is 382 g/mol. The molecule has 2 rings (SSSR count). The maximum atomic E-state index is 12.2. The molecule has 1 aromatic carbocycles. The summed E-state index contributed by atoms with van der Waals surface area (Å²) in [5.74, 6) is -1.15. The van der Waals surface area contributed by atoms with Crippen LogP contribution in [0.1, 0.15) is 34.7 Å². The van der Waals surface area contributed by atoms with Gasteiger partial charge < -0.3 is 15.2 Å². The van der Waals surface area contributed by atoms with Crippen LogP contribution in [0.5, 0.6) is 5.75 Å². The Morgan fingerprint density at radius 1 is 1.43 bits per heavy atom. The summed E-state index contributed by atoms with van der Waals surface area (Å²) in [6.45, 7) is 1.92. The Bertz CT molecular complexity index is 729. The van der Waals surface area contributed by atoms with E-state index in [-0.39, 0.29) is 5.69 Å². The number of carbonyl (C=O) groups is 2. The highest BCUT2D eigenvalue weighted by Crippen LogP contribution is 2.28. The summed E-state index contributed by atoms with van der Waals surface area (Å²) in [6, 6.07) is 5.22. The minimum Gasteiger partial charge on any atom is -0.496 e. The molecule has 7 nitrogen and oxygen atoms in total. The minimum atomic E-state index is -1.19. The van der Waals surface area contributed by atoms with E-state index < -0.39 is 17.9 Å². The molecule has 0 radical (unpaired) electrons. The van der Waals surface area contributed by atoms with Crippen LogP contribution < -0.4 is 10.1 Å². The number of carbonyl (C=O) groups excluding carboxylic acids is 1. The van der Waals surface area contributed by atoms with Gasteiger partial charge in [-0.3, -0.25) is 9.89 Å². The van der Waals surface area contributed by atoms with Crippen LogP contribution in [-0.4, -0.2) is 34.3 Å². The predicted octanol–water partition coefficient (Wildman–Crippen LogP) is 2.30. The van der Waals surface area contributed by atoms with Gasteiger partial charge in [0.25, 0.3) is 5.91 Å². The maximum Gasteiger partial charge on any atom is 0.330 e. The third-order valence-electron chi connectivity index (χ3n) is 3.28. The number of methoxy groups -OCH3 is 1. The fourth-order valence-corrected chi connectivity index (χ4v) is 2.57. The van der Waals surface area contributed by atoms with Gasteiger partial charge in [0.1, 0.15) is 11.4 Å². The summed E-state index contributed by atoms with van der Waals surface area (Å²) in [7, 11) is 1.51. The van der Waals surface area contributed by atoms with Gasteiger partial charge in [0, 0.05) is 5.69 Å². The molecule has 122 valence electrons. The van der Waals surface area contributed by atoms with Gasteiger partial charge in [-0.25, -0.2) is 4.79 Å². The number of aliphatic carboxylic acids is 1. The molecule has 0 bridgehead atoms. The first-order valence-corrected chi connectivity index (χ1v) is 7.67. The van der Waals surface area contributed by atoms with Crippen LogP contribution in [0.15, 0.2) is 28.7 Å². The summed E-state index contributed by atoms with van der Waals surface area (Å²) >= 11 is 3.30. The second-order valence-corrected chi connectivity index (χ2v) is 5.63. The molecular weight excluding hydrogens is 366 g/mol. The molecule has 1 aromatic heterocycles. The van der Waals surface area contributed by atoms with Gasteiger partial charge in [0.15, 0.2) is 6.04 Å². The Kier molecular flexibility index (Phi) is 5.38. The van der Waals surface area contributed by atoms with E-state index in [4.69, 9.17) is 4.74 Å². The van der Waals surface area contributed by atoms with E-state index in [9.17, 15) is 14.7 Å². The number of hydrogen-bond acceptors (Lipinski definition) is 4. The molecule has 0 aliphatic rings. The molecule has 1 unspecified atom stereocenters. The number of amides is 1. The van der Waals surface area contributed by atoms with Crippen molar-refractivity contribution < 1.29 is 19.4 Å². The van der Waals surface area contributed by atoms with Gasteiger partial charge in [-0.05, 0) is 46.1 Å². The molecule has 0 fully saturated rings. The van der Waals surface area contributed by atoms with Crippen molar-refractivity contribution in [1.29, 1.82) is 0 Å². The van der Waals surface area contributed by atoms with E-state index in [2.05, 4.69) is 31.4 Å². The van der Waals surface area contributed by atoms with Crippen molar-refractivity contribution in [2.75, 3.05) is 7.11 Å². The van der Waals surface area contributed by atoms with Crippen LogP contribution >= 0.6 is 15.9 Å². The van der Waals surface area contributed by atoms with Crippen molar-refractivity contribution >= 4 is 27.8 Å². The molecule has 1 amide bonds. The Morgan fingerprint density at radius 2 is 2.17 bits per heavy atom. The number of carboxylic acid groups (broad SMARTS) is 1. The maximum absolute atomic E-state index is 12.2. The summed E-state index contributed by atoms with van der Waals surface area (Å²) in [6.07, 6.45) is 0.702. The van der Waals surface area contributed by atoms with E-state index in [0.717, 1.165) is 5.69 Å². The van der Waals surface area contributed by atoms with Gasteiger partial charge >= 0.3 is 5.97 Å². The number of aromatic nitrogens is 2. The molecule has 0 aliphatic carbocycles. The van der Waals surface area contributed by atoms with Gasteiger partial charge in [0.2, 0.25) is 0 Å². The van der Waals surface area contributed by atoms with E-state index in [1.54, 1.807) is 24.3 Å². The lowest BCUT2D eigenvalue weighted by atomic mass is 10.1. The quantitative estimate of drug-likeness (QED) is 0.711. The van der Waals surface area contributed by atoms with Crippen molar-refractivity contribution in [3.63, 3.8) is 0 Å². The van der Waals surface area contributed by atoms with E-state index >= 15 is 0 Å². The number of ether oxygens (including phenoxy) is 1.